The lowest BCUT2D eigenvalue weighted by Gasteiger charge is -2.06. The van der Waals surface area contributed by atoms with Crippen molar-refractivity contribution in [3.05, 3.63) is 65.7 Å². The Labute approximate surface area is 124 Å². The third kappa shape index (κ3) is 3.24. The molecule has 0 aliphatic heterocycles. The maximum absolute atomic E-state index is 12.1. The van der Waals surface area contributed by atoms with Crippen molar-refractivity contribution in [1.29, 1.82) is 0 Å². The number of amides is 1. The van der Waals surface area contributed by atoms with Crippen molar-refractivity contribution in [2.75, 3.05) is 7.11 Å². The molecule has 0 radical (unpaired) electrons. The highest BCUT2D eigenvalue weighted by molar-refractivity contribution is 5.82. The first-order chi connectivity index (χ1) is 10.3. The average Bonchev–Trinajstić information content (AvgIpc) is 3.35. The Balaban J connectivity index is 1.51. The van der Waals surface area contributed by atoms with Crippen molar-refractivity contribution >= 4 is 5.91 Å². The summed E-state index contributed by atoms with van der Waals surface area (Å²) in [6.07, 6.45) is 0.957. The summed E-state index contributed by atoms with van der Waals surface area (Å²) in [5.41, 5.74) is 2.35. The van der Waals surface area contributed by atoms with Crippen LogP contribution in [0.25, 0.3) is 0 Å². The molecule has 1 amide bonds. The lowest BCUT2D eigenvalue weighted by molar-refractivity contribution is -0.122. The molecule has 1 aliphatic rings. The van der Waals surface area contributed by atoms with E-state index in [9.17, 15) is 4.79 Å². The molecule has 0 unspecified atom stereocenters. The van der Waals surface area contributed by atoms with Crippen LogP contribution in [0.4, 0.5) is 0 Å². The van der Waals surface area contributed by atoms with E-state index in [1.165, 1.54) is 5.56 Å². The van der Waals surface area contributed by atoms with Crippen LogP contribution in [0.3, 0.4) is 0 Å². The molecule has 2 aromatic carbocycles. The van der Waals surface area contributed by atoms with Crippen LogP contribution in [0.5, 0.6) is 5.75 Å². The van der Waals surface area contributed by atoms with Gasteiger partial charge in [0.25, 0.3) is 0 Å². The molecule has 3 heteroatoms. The Morgan fingerprint density at radius 1 is 1.14 bits per heavy atom. The van der Waals surface area contributed by atoms with E-state index in [2.05, 4.69) is 17.4 Å². The minimum Gasteiger partial charge on any atom is -0.497 e. The van der Waals surface area contributed by atoms with Crippen LogP contribution in [0.2, 0.25) is 0 Å². The Morgan fingerprint density at radius 3 is 2.52 bits per heavy atom. The van der Waals surface area contributed by atoms with E-state index in [-0.39, 0.29) is 11.8 Å². The molecule has 0 aromatic heterocycles. The molecule has 0 bridgehead atoms. The molecule has 0 saturated heterocycles. The number of carbonyl (C=O) groups is 1. The van der Waals surface area contributed by atoms with Gasteiger partial charge in [0.15, 0.2) is 0 Å². The monoisotopic (exact) mass is 281 g/mol. The van der Waals surface area contributed by atoms with Crippen molar-refractivity contribution in [3.63, 3.8) is 0 Å². The summed E-state index contributed by atoms with van der Waals surface area (Å²) in [5, 5.41) is 3.02. The lowest BCUT2D eigenvalue weighted by atomic mass is 10.1. The van der Waals surface area contributed by atoms with Gasteiger partial charge >= 0.3 is 0 Å². The minimum absolute atomic E-state index is 0.130. The number of ether oxygens (including phenoxy) is 1. The largest absolute Gasteiger partial charge is 0.497 e. The van der Waals surface area contributed by atoms with E-state index in [1.807, 2.05) is 42.5 Å². The number of hydrogen-bond donors (Lipinski definition) is 1. The number of hydrogen-bond acceptors (Lipinski definition) is 2. The zero-order valence-corrected chi connectivity index (χ0v) is 12.1. The first-order valence-electron chi connectivity index (χ1n) is 7.23. The molecular formula is C18H19NO2. The average molecular weight is 281 g/mol. The molecule has 3 nitrogen and oxygen atoms in total. The zero-order chi connectivity index (χ0) is 14.7. The van der Waals surface area contributed by atoms with Gasteiger partial charge in [0.2, 0.25) is 5.91 Å². The van der Waals surface area contributed by atoms with Gasteiger partial charge in [-0.1, -0.05) is 42.5 Å². The van der Waals surface area contributed by atoms with Gasteiger partial charge in [-0.25, -0.2) is 0 Å². The fraction of sp³-hybridized carbons (Fsp3) is 0.278. The van der Waals surface area contributed by atoms with Gasteiger partial charge in [0.05, 0.1) is 7.11 Å². The summed E-state index contributed by atoms with van der Waals surface area (Å²) in [7, 11) is 1.65. The normalized spacial score (nSPS) is 19.9. The van der Waals surface area contributed by atoms with Gasteiger partial charge in [0, 0.05) is 12.5 Å². The van der Waals surface area contributed by atoms with Crippen molar-refractivity contribution in [2.24, 2.45) is 5.92 Å². The van der Waals surface area contributed by atoms with E-state index < -0.39 is 0 Å². The zero-order valence-electron chi connectivity index (χ0n) is 12.1. The summed E-state index contributed by atoms with van der Waals surface area (Å²) in [5.74, 6) is 1.50. The van der Waals surface area contributed by atoms with E-state index in [0.29, 0.717) is 12.5 Å². The fourth-order valence-corrected chi connectivity index (χ4v) is 2.62. The third-order valence-electron chi connectivity index (χ3n) is 3.98. The summed E-state index contributed by atoms with van der Waals surface area (Å²) < 4.78 is 5.12. The Kier molecular flexibility index (Phi) is 3.91. The molecule has 0 spiro atoms. The SMILES string of the molecule is COc1ccc(CNC(=O)[C@@H]2C[C@H]2c2ccccc2)cc1. The minimum atomic E-state index is 0.130. The van der Waals surface area contributed by atoms with Crippen LogP contribution in [0.15, 0.2) is 54.6 Å². The van der Waals surface area contributed by atoms with Crippen molar-refractivity contribution in [1.82, 2.24) is 5.32 Å². The summed E-state index contributed by atoms with van der Waals surface area (Å²) >= 11 is 0. The van der Waals surface area contributed by atoms with E-state index >= 15 is 0 Å². The maximum Gasteiger partial charge on any atom is 0.224 e. The van der Waals surface area contributed by atoms with Crippen LogP contribution in [-0.4, -0.2) is 13.0 Å². The Hall–Kier alpha value is -2.29. The molecule has 1 N–H and O–H groups in total. The van der Waals surface area contributed by atoms with Gasteiger partial charge in [-0.3, -0.25) is 4.79 Å². The molecule has 108 valence electrons. The summed E-state index contributed by atoms with van der Waals surface area (Å²) in [4.78, 5) is 12.1. The van der Waals surface area contributed by atoms with Crippen molar-refractivity contribution in [3.8, 4) is 5.75 Å². The van der Waals surface area contributed by atoms with Crippen LogP contribution in [0, 0.1) is 5.92 Å². The molecule has 21 heavy (non-hydrogen) atoms. The molecular weight excluding hydrogens is 262 g/mol. The topological polar surface area (TPSA) is 38.3 Å². The first-order valence-corrected chi connectivity index (χ1v) is 7.23. The fourth-order valence-electron chi connectivity index (χ4n) is 2.62. The Bertz CT molecular complexity index is 607. The van der Waals surface area contributed by atoms with E-state index in [1.54, 1.807) is 7.11 Å². The maximum atomic E-state index is 12.1. The third-order valence-corrected chi connectivity index (χ3v) is 3.98. The molecule has 0 heterocycles. The number of benzene rings is 2. The molecule has 1 fully saturated rings. The second-order valence-electron chi connectivity index (χ2n) is 5.43. The predicted molar refractivity (Wildman–Crippen MR) is 82.1 cm³/mol. The van der Waals surface area contributed by atoms with Crippen molar-refractivity contribution in [2.45, 2.75) is 18.9 Å². The van der Waals surface area contributed by atoms with Gasteiger partial charge in [-0.2, -0.15) is 0 Å². The second kappa shape index (κ2) is 6.00. The van der Waals surface area contributed by atoms with Gasteiger partial charge in [-0.05, 0) is 35.6 Å². The van der Waals surface area contributed by atoms with Gasteiger partial charge in [0.1, 0.15) is 5.75 Å². The highest BCUT2D eigenvalue weighted by Gasteiger charge is 2.43. The van der Waals surface area contributed by atoms with Gasteiger partial charge < -0.3 is 10.1 Å². The first kappa shape index (κ1) is 13.7. The highest BCUT2D eigenvalue weighted by atomic mass is 16.5. The van der Waals surface area contributed by atoms with Crippen molar-refractivity contribution < 1.29 is 9.53 Å². The molecule has 2 aromatic rings. The number of methoxy groups -OCH3 is 1. The van der Waals surface area contributed by atoms with Crippen LogP contribution >= 0.6 is 0 Å². The molecule has 3 rings (SSSR count). The predicted octanol–water partition coefficient (Wildman–Crippen LogP) is 3.12. The number of carbonyl (C=O) groups excluding carboxylic acids is 1. The van der Waals surface area contributed by atoms with Gasteiger partial charge in [-0.15, -0.1) is 0 Å². The number of nitrogens with one attached hydrogen (secondary N) is 1. The molecule has 1 saturated carbocycles. The standard InChI is InChI=1S/C18H19NO2/c1-21-15-9-7-13(8-10-15)12-19-18(20)17-11-16(17)14-5-3-2-4-6-14/h2-10,16-17H,11-12H2,1H3,(H,19,20)/t16-,17+/m0/s1. The van der Waals surface area contributed by atoms with Crippen LogP contribution in [-0.2, 0) is 11.3 Å². The smallest absolute Gasteiger partial charge is 0.224 e. The molecule has 2 atom stereocenters. The van der Waals surface area contributed by atoms with E-state index in [0.717, 1.165) is 17.7 Å². The molecule has 1 aliphatic carbocycles. The second-order valence-corrected chi connectivity index (χ2v) is 5.43. The Morgan fingerprint density at radius 2 is 1.86 bits per heavy atom. The van der Waals surface area contributed by atoms with Crippen LogP contribution < -0.4 is 10.1 Å². The highest BCUT2D eigenvalue weighted by Crippen LogP contribution is 2.47. The van der Waals surface area contributed by atoms with E-state index in [4.69, 9.17) is 4.74 Å². The summed E-state index contributed by atoms with van der Waals surface area (Å²) in [6.45, 7) is 0.570. The number of rotatable bonds is 5. The summed E-state index contributed by atoms with van der Waals surface area (Å²) in [6, 6.07) is 18.0. The van der Waals surface area contributed by atoms with Crippen LogP contribution in [0.1, 0.15) is 23.5 Å². The lowest BCUT2D eigenvalue weighted by Crippen LogP contribution is -2.24. The quantitative estimate of drug-likeness (QED) is 0.914.